The van der Waals surface area contributed by atoms with Crippen LogP contribution in [-0.2, 0) is 6.42 Å². The average Bonchev–Trinajstić information content (AvgIpc) is 2.48. The summed E-state index contributed by atoms with van der Waals surface area (Å²) in [7, 11) is 0. The first kappa shape index (κ1) is 18.7. The highest BCUT2D eigenvalue weighted by molar-refractivity contribution is 5.93. The van der Waals surface area contributed by atoms with Crippen LogP contribution in [0.3, 0.4) is 0 Å². The SMILES string of the molecule is CC1CCC(Nc2ncc(C(N)=O)c(C[C@@H](C)C(C)(C)C)n2)CC1. The van der Waals surface area contributed by atoms with E-state index in [9.17, 15) is 4.79 Å². The number of primary amides is 1. The number of anilines is 1. The molecule has 0 unspecified atom stereocenters. The maximum Gasteiger partial charge on any atom is 0.252 e. The third kappa shape index (κ3) is 4.92. The molecule has 24 heavy (non-hydrogen) atoms. The standard InChI is InChI=1S/C19H32N4O/c1-12-6-8-14(9-7-12)22-18-21-11-15(17(20)24)16(23-18)10-13(2)19(3,4)5/h11-14H,6-10H2,1-5H3,(H2,20,24)(H,21,22,23)/t12?,13-,14?/m1/s1. The van der Waals surface area contributed by atoms with Gasteiger partial charge in [0.05, 0.1) is 11.3 Å². The van der Waals surface area contributed by atoms with E-state index in [4.69, 9.17) is 5.73 Å². The molecule has 1 aromatic heterocycles. The molecule has 0 spiro atoms. The molecule has 1 fully saturated rings. The van der Waals surface area contributed by atoms with Crippen LogP contribution in [0.4, 0.5) is 5.95 Å². The topological polar surface area (TPSA) is 80.9 Å². The molecule has 1 aromatic rings. The second-order valence-corrected chi connectivity index (χ2v) is 8.49. The Morgan fingerprint density at radius 3 is 2.50 bits per heavy atom. The van der Waals surface area contributed by atoms with Crippen LogP contribution in [0.15, 0.2) is 6.20 Å². The molecule has 1 amide bonds. The third-order valence-electron chi connectivity index (χ3n) is 5.46. The number of hydrogen-bond acceptors (Lipinski definition) is 4. The molecule has 0 bridgehead atoms. The van der Waals surface area contributed by atoms with Gasteiger partial charge in [-0.3, -0.25) is 4.79 Å². The Labute approximate surface area is 145 Å². The number of nitrogens with one attached hydrogen (secondary N) is 1. The highest BCUT2D eigenvalue weighted by Crippen LogP contribution is 2.29. The number of carbonyl (C=O) groups is 1. The van der Waals surface area contributed by atoms with E-state index in [-0.39, 0.29) is 5.41 Å². The number of nitrogens with two attached hydrogens (primary N) is 1. The summed E-state index contributed by atoms with van der Waals surface area (Å²) in [6, 6.07) is 0.425. The van der Waals surface area contributed by atoms with E-state index in [0.29, 0.717) is 23.5 Å². The Balaban J connectivity index is 2.16. The molecule has 0 radical (unpaired) electrons. The zero-order chi connectivity index (χ0) is 17.9. The van der Waals surface area contributed by atoms with E-state index in [1.807, 2.05) is 0 Å². The van der Waals surface area contributed by atoms with Gasteiger partial charge in [-0.2, -0.15) is 0 Å². The zero-order valence-electron chi connectivity index (χ0n) is 15.7. The van der Waals surface area contributed by atoms with Gasteiger partial charge in [0.2, 0.25) is 5.95 Å². The molecule has 1 atom stereocenters. The fraction of sp³-hybridized carbons (Fsp3) is 0.737. The minimum Gasteiger partial charge on any atom is -0.365 e. The van der Waals surface area contributed by atoms with Crippen LogP contribution in [0.25, 0.3) is 0 Å². The lowest BCUT2D eigenvalue weighted by molar-refractivity contribution is 0.0997. The van der Waals surface area contributed by atoms with Gasteiger partial charge >= 0.3 is 0 Å². The Bertz CT molecular complexity index is 571. The van der Waals surface area contributed by atoms with E-state index in [1.165, 1.54) is 12.8 Å². The molecule has 1 aliphatic rings. The monoisotopic (exact) mass is 332 g/mol. The van der Waals surface area contributed by atoms with Crippen molar-refractivity contribution >= 4 is 11.9 Å². The van der Waals surface area contributed by atoms with E-state index in [1.54, 1.807) is 6.20 Å². The molecule has 0 aromatic carbocycles. The minimum absolute atomic E-state index is 0.146. The van der Waals surface area contributed by atoms with Crippen molar-refractivity contribution in [2.75, 3.05) is 5.32 Å². The summed E-state index contributed by atoms with van der Waals surface area (Å²) < 4.78 is 0. The minimum atomic E-state index is -0.454. The third-order valence-corrected chi connectivity index (χ3v) is 5.46. The molecule has 1 aliphatic carbocycles. The average molecular weight is 332 g/mol. The van der Waals surface area contributed by atoms with Crippen molar-refractivity contribution in [1.29, 1.82) is 0 Å². The second kappa shape index (κ2) is 7.49. The molecule has 134 valence electrons. The molecule has 5 nitrogen and oxygen atoms in total. The molecular weight excluding hydrogens is 300 g/mol. The molecule has 1 saturated carbocycles. The summed E-state index contributed by atoms with van der Waals surface area (Å²) >= 11 is 0. The Hall–Kier alpha value is -1.65. The number of amides is 1. The molecule has 2 rings (SSSR count). The smallest absolute Gasteiger partial charge is 0.252 e. The Kier molecular flexibility index (Phi) is 5.83. The summed E-state index contributed by atoms with van der Waals surface area (Å²) in [5, 5.41) is 3.45. The molecule has 3 N–H and O–H groups in total. The summed E-state index contributed by atoms with van der Waals surface area (Å²) in [4.78, 5) is 20.7. The van der Waals surface area contributed by atoms with Crippen molar-refractivity contribution in [3.8, 4) is 0 Å². The lowest BCUT2D eigenvalue weighted by Gasteiger charge is -2.28. The summed E-state index contributed by atoms with van der Waals surface area (Å²) in [5.74, 6) is 1.36. The Morgan fingerprint density at radius 2 is 1.96 bits per heavy atom. The fourth-order valence-corrected chi connectivity index (χ4v) is 3.03. The van der Waals surface area contributed by atoms with Gasteiger partial charge in [0.1, 0.15) is 0 Å². The predicted octanol–water partition coefficient (Wildman–Crippen LogP) is 3.79. The van der Waals surface area contributed by atoms with E-state index in [0.717, 1.165) is 30.9 Å². The van der Waals surface area contributed by atoms with Gasteiger partial charge < -0.3 is 11.1 Å². The predicted molar refractivity (Wildman–Crippen MR) is 97.9 cm³/mol. The van der Waals surface area contributed by atoms with Crippen molar-refractivity contribution in [3.63, 3.8) is 0 Å². The number of rotatable bonds is 5. The van der Waals surface area contributed by atoms with Gasteiger partial charge in [0.25, 0.3) is 5.91 Å². The molecule has 0 aliphatic heterocycles. The first-order chi connectivity index (χ1) is 11.2. The fourth-order valence-electron chi connectivity index (χ4n) is 3.03. The summed E-state index contributed by atoms with van der Waals surface area (Å²) in [6.45, 7) is 11.1. The van der Waals surface area contributed by atoms with Gasteiger partial charge in [-0.05, 0) is 49.4 Å². The van der Waals surface area contributed by atoms with E-state index >= 15 is 0 Å². The van der Waals surface area contributed by atoms with Crippen molar-refractivity contribution in [2.24, 2.45) is 23.0 Å². The van der Waals surface area contributed by atoms with Crippen LogP contribution in [-0.4, -0.2) is 21.9 Å². The quantitative estimate of drug-likeness (QED) is 0.859. The highest BCUT2D eigenvalue weighted by atomic mass is 16.1. The Morgan fingerprint density at radius 1 is 1.33 bits per heavy atom. The van der Waals surface area contributed by atoms with Gasteiger partial charge in [-0.25, -0.2) is 9.97 Å². The molecule has 0 saturated heterocycles. The largest absolute Gasteiger partial charge is 0.365 e. The first-order valence-electron chi connectivity index (χ1n) is 9.09. The number of carbonyl (C=O) groups excluding carboxylic acids is 1. The van der Waals surface area contributed by atoms with E-state index in [2.05, 4.69) is 49.9 Å². The first-order valence-corrected chi connectivity index (χ1v) is 9.09. The summed E-state index contributed by atoms with van der Waals surface area (Å²) in [6.07, 6.45) is 7.08. The van der Waals surface area contributed by atoms with Crippen molar-refractivity contribution in [3.05, 3.63) is 17.5 Å². The lowest BCUT2D eigenvalue weighted by atomic mass is 9.79. The zero-order valence-corrected chi connectivity index (χ0v) is 15.7. The number of nitrogens with zero attached hydrogens (tertiary/aromatic N) is 2. The van der Waals surface area contributed by atoms with Gasteiger partial charge in [0, 0.05) is 12.2 Å². The van der Waals surface area contributed by atoms with Gasteiger partial charge in [-0.1, -0.05) is 34.6 Å². The van der Waals surface area contributed by atoms with Gasteiger partial charge in [-0.15, -0.1) is 0 Å². The van der Waals surface area contributed by atoms with Crippen LogP contribution in [0.5, 0.6) is 0 Å². The van der Waals surface area contributed by atoms with Crippen LogP contribution < -0.4 is 11.1 Å². The van der Waals surface area contributed by atoms with Crippen LogP contribution >= 0.6 is 0 Å². The highest BCUT2D eigenvalue weighted by Gasteiger charge is 2.24. The number of hydrogen-bond donors (Lipinski definition) is 2. The number of aromatic nitrogens is 2. The normalized spacial score (nSPS) is 22.9. The van der Waals surface area contributed by atoms with Crippen molar-refractivity contribution in [1.82, 2.24) is 9.97 Å². The maximum atomic E-state index is 11.7. The molecule has 1 heterocycles. The second-order valence-electron chi connectivity index (χ2n) is 8.49. The van der Waals surface area contributed by atoms with Crippen LogP contribution in [0, 0.1) is 17.3 Å². The molecular formula is C19H32N4O. The maximum absolute atomic E-state index is 11.7. The van der Waals surface area contributed by atoms with E-state index < -0.39 is 5.91 Å². The van der Waals surface area contributed by atoms with Crippen molar-refractivity contribution in [2.45, 2.75) is 72.8 Å². The van der Waals surface area contributed by atoms with Gasteiger partial charge in [0.15, 0.2) is 0 Å². The van der Waals surface area contributed by atoms with Crippen LogP contribution in [0.1, 0.15) is 76.4 Å². The lowest BCUT2D eigenvalue weighted by Crippen LogP contribution is -2.27. The van der Waals surface area contributed by atoms with Crippen molar-refractivity contribution < 1.29 is 4.79 Å². The van der Waals surface area contributed by atoms with Crippen LogP contribution in [0.2, 0.25) is 0 Å². The summed E-state index contributed by atoms with van der Waals surface area (Å²) in [5.41, 5.74) is 6.85. The molecule has 5 heteroatoms.